The topological polar surface area (TPSA) is 21.7 Å². The summed E-state index contributed by atoms with van der Waals surface area (Å²) in [5.41, 5.74) is 0. The molecule has 1 unspecified atom stereocenters. The van der Waals surface area contributed by atoms with Gasteiger partial charge in [-0.2, -0.15) is 0 Å². The van der Waals surface area contributed by atoms with Crippen LogP contribution in [0.2, 0.25) is 0 Å². The van der Waals surface area contributed by atoms with Crippen LogP contribution >= 0.6 is 0 Å². The van der Waals surface area contributed by atoms with Crippen molar-refractivity contribution in [3.05, 3.63) is 0 Å². The summed E-state index contributed by atoms with van der Waals surface area (Å²) in [5, 5.41) is 0. The van der Waals surface area contributed by atoms with E-state index in [1.54, 1.807) is 0 Å². The molecule has 1 atom stereocenters. The van der Waals surface area contributed by atoms with Crippen molar-refractivity contribution in [1.29, 1.82) is 0 Å². The second kappa shape index (κ2) is 5.10. The van der Waals surface area contributed by atoms with Crippen molar-refractivity contribution in [2.24, 2.45) is 0 Å². The molecule has 2 fully saturated rings. The van der Waals surface area contributed by atoms with Crippen molar-refractivity contribution in [2.75, 3.05) is 32.8 Å². The van der Waals surface area contributed by atoms with Crippen LogP contribution in [0.15, 0.2) is 0 Å². The Morgan fingerprint density at radius 2 is 2.29 bits per heavy atom. The average Bonchev–Trinajstić information content (AvgIpc) is 2.96. The highest BCUT2D eigenvalue weighted by Gasteiger charge is 2.22. The largest absolute Gasteiger partial charge is 0.378 e. The Balaban J connectivity index is 1.50. The molecule has 0 N–H and O–H groups in total. The Kier molecular flexibility index (Phi) is 3.79. The standard InChI is InChI=1S/C11H21NO2/c1-10-9-12(6-8-13-10)5-2-7-14-11-3-4-11/h10-11H,2-9H2,1H3. The molecule has 1 heterocycles. The number of hydrogen-bond acceptors (Lipinski definition) is 3. The molecule has 0 aromatic rings. The molecule has 3 nitrogen and oxygen atoms in total. The van der Waals surface area contributed by atoms with E-state index in [1.165, 1.54) is 25.8 Å². The van der Waals surface area contributed by atoms with Crippen molar-refractivity contribution in [2.45, 2.75) is 38.4 Å². The minimum atomic E-state index is 0.410. The first-order chi connectivity index (χ1) is 6.84. The van der Waals surface area contributed by atoms with E-state index in [-0.39, 0.29) is 0 Å². The lowest BCUT2D eigenvalue weighted by Crippen LogP contribution is -2.41. The van der Waals surface area contributed by atoms with Crippen LogP contribution < -0.4 is 0 Å². The second-order valence-corrected chi connectivity index (χ2v) is 4.41. The molecule has 2 rings (SSSR count). The van der Waals surface area contributed by atoms with Crippen molar-refractivity contribution in [3.8, 4) is 0 Å². The average molecular weight is 199 g/mol. The van der Waals surface area contributed by atoms with Gasteiger partial charge in [-0.3, -0.25) is 4.90 Å². The molecule has 82 valence electrons. The maximum atomic E-state index is 5.61. The van der Waals surface area contributed by atoms with Gasteiger partial charge >= 0.3 is 0 Å². The van der Waals surface area contributed by atoms with Gasteiger partial charge in [0.15, 0.2) is 0 Å². The molecule has 3 heteroatoms. The summed E-state index contributed by atoms with van der Waals surface area (Å²) in [6, 6.07) is 0. The Hall–Kier alpha value is -0.120. The monoisotopic (exact) mass is 199 g/mol. The quantitative estimate of drug-likeness (QED) is 0.623. The fourth-order valence-electron chi connectivity index (χ4n) is 1.87. The third-order valence-corrected chi connectivity index (χ3v) is 2.82. The van der Waals surface area contributed by atoms with Gasteiger partial charge in [-0.15, -0.1) is 0 Å². The molecule has 0 radical (unpaired) electrons. The first-order valence-electron chi connectivity index (χ1n) is 5.80. The summed E-state index contributed by atoms with van der Waals surface area (Å²) in [4.78, 5) is 2.48. The summed E-state index contributed by atoms with van der Waals surface area (Å²) in [7, 11) is 0. The van der Waals surface area contributed by atoms with Crippen LogP contribution in [0.3, 0.4) is 0 Å². The molecule has 1 aliphatic carbocycles. The fraction of sp³-hybridized carbons (Fsp3) is 1.00. The normalized spacial score (nSPS) is 29.4. The predicted molar refractivity (Wildman–Crippen MR) is 55.4 cm³/mol. The van der Waals surface area contributed by atoms with Gasteiger partial charge in [0.2, 0.25) is 0 Å². The van der Waals surface area contributed by atoms with Crippen LogP contribution in [0.25, 0.3) is 0 Å². The smallest absolute Gasteiger partial charge is 0.0674 e. The zero-order valence-electron chi connectivity index (χ0n) is 9.08. The van der Waals surface area contributed by atoms with Crippen molar-refractivity contribution in [1.82, 2.24) is 4.90 Å². The zero-order chi connectivity index (χ0) is 9.80. The summed E-state index contributed by atoms with van der Waals surface area (Å²) in [6.45, 7) is 7.32. The first kappa shape index (κ1) is 10.4. The van der Waals surface area contributed by atoms with Gasteiger partial charge in [0, 0.05) is 26.2 Å². The van der Waals surface area contributed by atoms with E-state index >= 15 is 0 Å². The lowest BCUT2D eigenvalue weighted by Gasteiger charge is -2.30. The third kappa shape index (κ3) is 3.56. The molecule has 14 heavy (non-hydrogen) atoms. The zero-order valence-corrected chi connectivity index (χ0v) is 9.08. The summed E-state index contributed by atoms with van der Waals surface area (Å²) in [5.74, 6) is 0. The van der Waals surface area contributed by atoms with E-state index < -0.39 is 0 Å². The van der Waals surface area contributed by atoms with Crippen LogP contribution in [-0.4, -0.2) is 50.0 Å². The van der Waals surface area contributed by atoms with Crippen LogP contribution in [0.4, 0.5) is 0 Å². The van der Waals surface area contributed by atoms with Crippen molar-refractivity contribution in [3.63, 3.8) is 0 Å². The Morgan fingerprint density at radius 3 is 3.00 bits per heavy atom. The Bertz CT molecular complexity index is 171. The highest BCUT2D eigenvalue weighted by molar-refractivity contribution is 4.73. The molecule has 0 amide bonds. The van der Waals surface area contributed by atoms with E-state index in [4.69, 9.17) is 9.47 Å². The first-order valence-corrected chi connectivity index (χ1v) is 5.80. The molecule has 0 spiro atoms. The summed E-state index contributed by atoms with van der Waals surface area (Å²) in [6.07, 6.45) is 4.76. The molecule has 1 saturated carbocycles. The number of rotatable bonds is 5. The minimum absolute atomic E-state index is 0.410. The third-order valence-electron chi connectivity index (χ3n) is 2.82. The van der Waals surface area contributed by atoms with Gasteiger partial charge in [-0.1, -0.05) is 0 Å². The molecule has 1 saturated heterocycles. The summed E-state index contributed by atoms with van der Waals surface area (Å²) >= 11 is 0. The maximum absolute atomic E-state index is 5.61. The molecule has 2 aliphatic rings. The van der Waals surface area contributed by atoms with Crippen LogP contribution in [0.5, 0.6) is 0 Å². The van der Waals surface area contributed by atoms with Crippen LogP contribution in [-0.2, 0) is 9.47 Å². The predicted octanol–water partition coefficient (Wildman–Crippen LogP) is 1.28. The number of ether oxygens (including phenoxy) is 2. The minimum Gasteiger partial charge on any atom is -0.378 e. The van der Waals surface area contributed by atoms with Gasteiger partial charge in [0.05, 0.1) is 18.8 Å². The van der Waals surface area contributed by atoms with E-state index in [1.807, 2.05) is 0 Å². The lowest BCUT2D eigenvalue weighted by molar-refractivity contribution is -0.0211. The van der Waals surface area contributed by atoms with E-state index in [0.29, 0.717) is 12.2 Å². The van der Waals surface area contributed by atoms with Crippen LogP contribution in [0, 0.1) is 0 Å². The van der Waals surface area contributed by atoms with Gasteiger partial charge in [0.1, 0.15) is 0 Å². The van der Waals surface area contributed by atoms with E-state index in [2.05, 4.69) is 11.8 Å². The number of nitrogens with zero attached hydrogens (tertiary/aromatic N) is 1. The molecule has 0 aromatic carbocycles. The Labute approximate surface area is 86.4 Å². The van der Waals surface area contributed by atoms with Crippen molar-refractivity contribution >= 4 is 0 Å². The SMILES string of the molecule is CC1CN(CCCOC2CC2)CCO1. The molecular weight excluding hydrogens is 178 g/mol. The maximum Gasteiger partial charge on any atom is 0.0674 e. The molecule has 0 aromatic heterocycles. The summed E-state index contributed by atoms with van der Waals surface area (Å²) < 4.78 is 11.1. The fourth-order valence-corrected chi connectivity index (χ4v) is 1.87. The highest BCUT2D eigenvalue weighted by atomic mass is 16.5. The second-order valence-electron chi connectivity index (χ2n) is 4.41. The lowest BCUT2D eigenvalue weighted by atomic mass is 10.3. The van der Waals surface area contributed by atoms with Gasteiger partial charge < -0.3 is 9.47 Å². The highest BCUT2D eigenvalue weighted by Crippen LogP contribution is 2.23. The van der Waals surface area contributed by atoms with E-state index in [0.717, 1.165) is 26.3 Å². The van der Waals surface area contributed by atoms with Crippen LogP contribution in [0.1, 0.15) is 26.2 Å². The molecule has 0 bridgehead atoms. The van der Waals surface area contributed by atoms with Gasteiger partial charge in [-0.25, -0.2) is 0 Å². The molecule has 1 aliphatic heterocycles. The Morgan fingerprint density at radius 1 is 1.43 bits per heavy atom. The van der Waals surface area contributed by atoms with Crippen molar-refractivity contribution < 1.29 is 9.47 Å². The number of morpholine rings is 1. The van der Waals surface area contributed by atoms with Gasteiger partial charge in [-0.05, 0) is 26.2 Å². The molecular formula is C11H21NO2. The van der Waals surface area contributed by atoms with E-state index in [9.17, 15) is 0 Å². The number of hydrogen-bond donors (Lipinski definition) is 0. The van der Waals surface area contributed by atoms with Gasteiger partial charge in [0.25, 0.3) is 0 Å².